The second kappa shape index (κ2) is 7.61. The Morgan fingerprint density at radius 3 is 2.82 bits per heavy atom. The lowest BCUT2D eigenvalue weighted by atomic mass is 10.1. The van der Waals surface area contributed by atoms with Crippen molar-refractivity contribution in [1.29, 1.82) is 0 Å². The van der Waals surface area contributed by atoms with Crippen LogP contribution < -0.4 is 5.73 Å². The summed E-state index contributed by atoms with van der Waals surface area (Å²) in [7, 11) is 0. The molecule has 1 aliphatic rings. The number of rotatable bonds is 7. The van der Waals surface area contributed by atoms with Gasteiger partial charge in [0.15, 0.2) is 0 Å². The molecule has 0 radical (unpaired) electrons. The average Bonchev–Trinajstić information content (AvgIpc) is 2.79. The van der Waals surface area contributed by atoms with Crippen LogP contribution in [0.4, 0.5) is 0 Å². The predicted molar refractivity (Wildman–Crippen MR) is 71.9 cm³/mol. The van der Waals surface area contributed by atoms with Crippen LogP contribution in [0.15, 0.2) is 0 Å². The van der Waals surface area contributed by atoms with Crippen LogP contribution in [-0.4, -0.2) is 41.6 Å². The number of nitrogens with two attached hydrogens (primary N) is 1. The molecule has 0 aromatic rings. The van der Waals surface area contributed by atoms with E-state index in [0.717, 1.165) is 25.9 Å². The molecular formula is C12H22N2O2S. The Morgan fingerprint density at radius 2 is 2.29 bits per heavy atom. The molecule has 0 aromatic heterocycles. The number of hydrogen-bond acceptors (Lipinski definition) is 3. The zero-order valence-electron chi connectivity index (χ0n) is 10.5. The Kier molecular flexibility index (Phi) is 6.44. The van der Waals surface area contributed by atoms with Crippen LogP contribution in [0.3, 0.4) is 0 Å². The molecule has 17 heavy (non-hydrogen) atoms. The van der Waals surface area contributed by atoms with Crippen LogP contribution in [0.1, 0.15) is 39.0 Å². The molecule has 2 N–H and O–H groups in total. The fourth-order valence-corrected chi connectivity index (χ4v) is 2.11. The molecule has 0 aromatic carbocycles. The van der Waals surface area contributed by atoms with Gasteiger partial charge >= 0.3 is 0 Å². The Hall–Kier alpha value is -0.680. The highest BCUT2D eigenvalue weighted by molar-refractivity contribution is 7.80. The molecule has 98 valence electrons. The van der Waals surface area contributed by atoms with Gasteiger partial charge in [0.1, 0.15) is 0 Å². The SMILES string of the molecule is CCN(CCC(N)=S)C(=O)CCC1CCCO1. The second-order valence-electron chi connectivity index (χ2n) is 4.36. The van der Waals surface area contributed by atoms with Crippen molar-refractivity contribution in [3.05, 3.63) is 0 Å². The van der Waals surface area contributed by atoms with Crippen LogP contribution in [0.25, 0.3) is 0 Å². The van der Waals surface area contributed by atoms with E-state index < -0.39 is 0 Å². The van der Waals surface area contributed by atoms with E-state index in [2.05, 4.69) is 0 Å². The number of carbonyl (C=O) groups excluding carboxylic acids is 1. The fraction of sp³-hybridized carbons (Fsp3) is 0.833. The fourth-order valence-electron chi connectivity index (χ4n) is 2.02. The van der Waals surface area contributed by atoms with E-state index >= 15 is 0 Å². The van der Waals surface area contributed by atoms with Gasteiger partial charge in [0.2, 0.25) is 5.91 Å². The minimum Gasteiger partial charge on any atom is -0.393 e. The molecule has 1 saturated heterocycles. The summed E-state index contributed by atoms with van der Waals surface area (Å²) in [6.07, 6.45) is 4.50. The Balaban J connectivity index is 2.24. The summed E-state index contributed by atoms with van der Waals surface area (Å²) in [5, 5.41) is 0. The molecule has 1 amide bonds. The third-order valence-electron chi connectivity index (χ3n) is 3.07. The van der Waals surface area contributed by atoms with Crippen molar-refractivity contribution >= 4 is 23.1 Å². The van der Waals surface area contributed by atoms with E-state index in [4.69, 9.17) is 22.7 Å². The summed E-state index contributed by atoms with van der Waals surface area (Å²) in [5.41, 5.74) is 5.44. The molecule has 1 rings (SSSR count). The Morgan fingerprint density at radius 1 is 1.53 bits per heavy atom. The molecule has 0 spiro atoms. The first-order chi connectivity index (χ1) is 8.13. The lowest BCUT2D eigenvalue weighted by Gasteiger charge is -2.21. The van der Waals surface area contributed by atoms with Crippen molar-refractivity contribution < 1.29 is 9.53 Å². The van der Waals surface area contributed by atoms with E-state index in [1.165, 1.54) is 0 Å². The normalized spacial score (nSPS) is 19.2. The van der Waals surface area contributed by atoms with E-state index in [9.17, 15) is 4.79 Å². The number of ether oxygens (including phenoxy) is 1. The van der Waals surface area contributed by atoms with E-state index in [1.807, 2.05) is 11.8 Å². The summed E-state index contributed by atoms with van der Waals surface area (Å²) in [4.78, 5) is 14.2. The maximum Gasteiger partial charge on any atom is 0.222 e. The highest BCUT2D eigenvalue weighted by Gasteiger charge is 2.18. The Bertz CT molecular complexity index is 265. The van der Waals surface area contributed by atoms with Gasteiger partial charge in [-0.2, -0.15) is 0 Å². The van der Waals surface area contributed by atoms with Crippen molar-refractivity contribution in [3.63, 3.8) is 0 Å². The molecule has 4 nitrogen and oxygen atoms in total. The smallest absolute Gasteiger partial charge is 0.222 e. The van der Waals surface area contributed by atoms with Gasteiger partial charge in [-0.15, -0.1) is 0 Å². The van der Waals surface area contributed by atoms with Gasteiger partial charge in [0.25, 0.3) is 0 Å². The molecule has 1 atom stereocenters. The molecule has 0 saturated carbocycles. The van der Waals surface area contributed by atoms with Crippen molar-refractivity contribution in [1.82, 2.24) is 4.90 Å². The summed E-state index contributed by atoms with van der Waals surface area (Å²) < 4.78 is 5.50. The molecule has 1 aliphatic heterocycles. The molecule has 0 bridgehead atoms. The average molecular weight is 258 g/mol. The van der Waals surface area contributed by atoms with Crippen molar-refractivity contribution in [2.24, 2.45) is 5.73 Å². The van der Waals surface area contributed by atoms with Gasteiger partial charge in [-0.25, -0.2) is 0 Å². The lowest BCUT2D eigenvalue weighted by Crippen LogP contribution is -2.33. The summed E-state index contributed by atoms with van der Waals surface area (Å²) >= 11 is 4.82. The summed E-state index contributed by atoms with van der Waals surface area (Å²) in [5.74, 6) is 0.180. The third-order valence-corrected chi connectivity index (χ3v) is 3.27. The number of thiocarbonyl (C=S) groups is 1. The highest BCUT2D eigenvalue weighted by Crippen LogP contribution is 2.17. The van der Waals surface area contributed by atoms with Crippen molar-refractivity contribution in [3.8, 4) is 0 Å². The molecule has 1 unspecified atom stereocenters. The molecule has 0 aliphatic carbocycles. The monoisotopic (exact) mass is 258 g/mol. The second-order valence-corrected chi connectivity index (χ2v) is 4.89. The zero-order chi connectivity index (χ0) is 12.7. The van der Waals surface area contributed by atoms with Crippen LogP contribution in [-0.2, 0) is 9.53 Å². The first-order valence-corrected chi connectivity index (χ1v) is 6.72. The summed E-state index contributed by atoms with van der Waals surface area (Å²) in [6.45, 7) is 4.17. The largest absolute Gasteiger partial charge is 0.393 e. The predicted octanol–water partition coefficient (Wildman–Crippen LogP) is 1.47. The first kappa shape index (κ1) is 14.4. The number of hydrogen-bond donors (Lipinski definition) is 1. The van der Waals surface area contributed by atoms with Crippen LogP contribution in [0.2, 0.25) is 0 Å². The first-order valence-electron chi connectivity index (χ1n) is 6.31. The third kappa shape index (κ3) is 5.46. The number of nitrogens with zero attached hydrogens (tertiary/aromatic N) is 1. The van der Waals surface area contributed by atoms with E-state index in [1.54, 1.807) is 0 Å². The lowest BCUT2D eigenvalue weighted by molar-refractivity contribution is -0.131. The highest BCUT2D eigenvalue weighted by atomic mass is 32.1. The van der Waals surface area contributed by atoms with E-state index in [-0.39, 0.29) is 12.0 Å². The maximum atomic E-state index is 11.9. The van der Waals surface area contributed by atoms with Gasteiger partial charge in [-0.3, -0.25) is 4.79 Å². The van der Waals surface area contributed by atoms with E-state index in [0.29, 0.717) is 30.9 Å². The van der Waals surface area contributed by atoms with Gasteiger partial charge in [-0.05, 0) is 26.2 Å². The topological polar surface area (TPSA) is 55.6 Å². The minimum absolute atomic E-state index is 0.180. The maximum absolute atomic E-state index is 11.9. The molecular weight excluding hydrogens is 236 g/mol. The van der Waals surface area contributed by atoms with Crippen LogP contribution in [0.5, 0.6) is 0 Å². The van der Waals surface area contributed by atoms with Gasteiger partial charge in [0, 0.05) is 32.5 Å². The molecule has 1 fully saturated rings. The van der Waals surface area contributed by atoms with Crippen LogP contribution >= 0.6 is 12.2 Å². The number of amides is 1. The minimum atomic E-state index is 0.180. The van der Waals surface area contributed by atoms with Crippen molar-refractivity contribution in [2.75, 3.05) is 19.7 Å². The van der Waals surface area contributed by atoms with Crippen LogP contribution in [0, 0.1) is 0 Å². The number of carbonyl (C=O) groups is 1. The van der Waals surface area contributed by atoms with Gasteiger partial charge in [0.05, 0.1) is 11.1 Å². The Labute approximate surface area is 108 Å². The zero-order valence-corrected chi connectivity index (χ0v) is 11.3. The molecule has 5 heteroatoms. The molecule has 1 heterocycles. The quantitative estimate of drug-likeness (QED) is 0.703. The van der Waals surface area contributed by atoms with Gasteiger partial charge < -0.3 is 15.4 Å². The summed E-state index contributed by atoms with van der Waals surface area (Å²) in [6, 6.07) is 0. The van der Waals surface area contributed by atoms with Crippen molar-refractivity contribution in [2.45, 2.75) is 45.1 Å². The standard InChI is InChI=1S/C12H22N2O2S/c1-2-14(8-7-11(13)17)12(15)6-5-10-4-3-9-16-10/h10H,2-9H2,1H3,(H2,13,17). The van der Waals surface area contributed by atoms with Gasteiger partial charge in [-0.1, -0.05) is 12.2 Å².